The van der Waals surface area contributed by atoms with Crippen LogP contribution in [0.5, 0.6) is 0 Å². The standard InChI is InChI=1S/C14H18N2O3S/c1-13(2)12(10-6-5-9-20-10)15(18)14(16(13)19)8-4-3-7-11(14)17/h5-6,9,19H,3-4,7-8H2,1-2H3/t14-/m1/s1. The highest BCUT2D eigenvalue weighted by atomic mass is 32.1. The van der Waals surface area contributed by atoms with Crippen LogP contribution in [0, 0.1) is 5.21 Å². The van der Waals surface area contributed by atoms with E-state index >= 15 is 0 Å². The minimum absolute atomic E-state index is 0.180. The lowest BCUT2D eigenvalue weighted by Gasteiger charge is -2.36. The number of hydrogen-bond acceptors (Lipinski definition) is 5. The molecule has 108 valence electrons. The third kappa shape index (κ3) is 1.55. The highest BCUT2D eigenvalue weighted by Gasteiger charge is 2.66. The maximum absolute atomic E-state index is 12.9. The van der Waals surface area contributed by atoms with Crippen molar-refractivity contribution in [1.82, 2.24) is 5.06 Å². The maximum Gasteiger partial charge on any atom is 0.310 e. The Kier molecular flexibility index (Phi) is 3.00. The zero-order valence-corrected chi connectivity index (χ0v) is 12.4. The van der Waals surface area contributed by atoms with Gasteiger partial charge in [0.1, 0.15) is 5.54 Å². The molecule has 0 radical (unpaired) electrons. The summed E-state index contributed by atoms with van der Waals surface area (Å²) in [5.74, 6) is -0.180. The molecule has 1 aliphatic heterocycles. The Morgan fingerprint density at radius 1 is 1.45 bits per heavy atom. The van der Waals surface area contributed by atoms with Crippen LogP contribution in [-0.2, 0) is 4.79 Å². The van der Waals surface area contributed by atoms with Gasteiger partial charge in [-0.3, -0.25) is 4.79 Å². The van der Waals surface area contributed by atoms with Crippen molar-refractivity contribution >= 4 is 22.8 Å². The second kappa shape index (κ2) is 4.38. The van der Waals surface area contributed by atoms with E-state index in [1.807, 2.05) is 17.5 Å². The van der Waals surface area contributed by atoms with E-state index in [-0.39, 0.29) is 5.78 Å². The van der Waals surface area contributed by atoms with E-state index in [9.17, 15) is 15.2 Å². The van der Waals surface area contributed by atoms with E-state index in [1.54, 1.807) is 13.8 Å². The van der Waals surface area contributed by atoms with Crippen molar-refractivity contribution in [2.75, 3.05) is 0 Å². The van der Waals surface area contributed by atoms with Gasteiger partial charge in [0.05, 0.1) is 4.88 Å². The van der Waals surface area contributed by atoms with Crippen LogP contribution in [0.15, 0.2) is 17.5 Å². The Bertz CT molecular complexity index is 579. The number of carbonyl (C=O) groups is 1. The highest BCUT2D eigenvalue weighted by Crippen LogP contribution is 2.42. The van der Waals surface area contributed by atoms with Gasteiger partial charge < -0.3 is 10.4 Å². The van der Waals surface area contributed by atoms with Crippen LogP contribution in [0.2, 0.25) is 0 Å². The fourth-order valence-electron chi connectivity index (χ4n) is 3.33. The van der Waals surface area contributed by atoms with Crippen molar-refractivity contribution in [3.8, 4) is 0 Å². The second-order valence-corrected chi connectivity index (χ2v) is 6.89. The molecule has 1 saturated carbocycles. The molecule has 0 unspecified atom stereocenters. The summed E-state index contributed by atoms with van der Waals surface area (Å²) >= 11 is 1.45. The van der Waals surface area contributed by atoms with Gasteiger partial charge in [-0.15, -0.1) is 16.4 Å². The molecule has 6 heteroatoms. The molecular weight excluding hydrogens is 276 g/mol. The molecule has 1 atom stereocenters. The minimum atomic E-state index is -1.43. The topological polar surface area (TPSA) is 66.6 Å². The average molecular weight is 294 g/mol. The summed E-state index contributed by atoms with van der Waals surface area (Å²) in [6.07, 6.45) is 2.29. The molecule has 1 aromatic rings. The van der Waals surface area contributed by atoms with Crippen LogP contribution in [0.25, 0.3) is 0 Å². The van der Waals surface area contributed by atoms with Crippen molar-refractivity contribution in [3.63, 3.8) is 0 Å². The molecule has 3 rings (SSSR count). The Morgan fingerprint density at radius 2 is 2.20 bits per heavy atom. The molecule has 2 heterocycles. The van der Waals surface area contributed by atoms with Gasteiger partial charge in [0.25, 0.3) is 0 Å². The third-order valence-electron chi connectivity index (χ3n) is 4.38. The van der Waals surface area contributed by atoms with Gasteiger partial charge in [-0.05, 0) is 38.1 Å². The number of Topliss-reactive ketones (excluding diaryl/α,β-unsaturated/α-hetero) is 1. The molecule has 1 fully saturated rings. The monoisotopic (exact) mass is 294 g/mol. The lowest BCUT2D eigenvalue weighted by atomic mass is 9.87. The Hall–Kier alpha value is -1.24. The second-order valence-electron chi connectivity index (χ2n) is 5.94. The van der Waals surface area contributed by atoms with Crippen molar-refractivity contribution in [2.24, 2.45) is 0 Å². The Labute approximate surface area is 121 Å². The average Bonchev–Trinajstić information content (AvgIpc) is 2.95. The molecule has 0 aromatic carbocycles. The largest absolute Gasteiger partial charge is 0.622 e. The summed E-state index contributed by atoms with van der Waals surface area (Å²) in [6, 6.07) is 3.72. The van der Waals surface area contributed by atoms with Crippen molar-refractivity contribution < 1.29 is 14.7 Å². The molecule has 2 aliphatic rings. The fraction of sp³-hybridized carbons (Fsp3) is 0.571. The molecule has 0 amide bonds. The van der Waals surface area contributed by atoms with Crippen molar-refractivity contribution in [1.29, 1.82) is 0 Å². The first kappa shape index (κ1) is 13.7. The zero-order chi connectivity index (χ0) is 14.5. The number of hydroxylamine groups is 3. The lowest BCUT2D eigenvalue weighted by Crippen LogP contribution is -2.60. The van der Waals surface area contributed by atoms with Gasteiger partial charge in [0, 0.05) is 12.8 Å². The molecule has 1 aromatic heterocycles. The van der Waals surface area contributed by atoms with Crippen molar-refractivity contribution in [3.05, 3.63) is 27.6 Å². The Balaban J connectivity index is 2.21. The van der Waals surface area contributed by atoms with Gasteiger partial charge in [-0.25, -0.2) is 0 Å². The van der Waals surface area contributed by atoms with E-state index in [2.05, 4.69) is 0 Å². The SMILES string of the molecule is CC1(C)C(c2cccs2)=[N+]([O-])[C@]2(CCCCC2=O)N1O. The first-order chi connectivity index (χ1) is 9.42. The molecule has 1 N–H and O–H groups in total. The number of nitrogens with zero attached hydrogens (tertiary/aromatic N) is 2. The van der Waals surface area contributed by atoms with Gasteiger partial charge in [-0.1, -0.05) is 6.07 Å². The normalized spacial score (nSPS) is 30.4. The minimum Gasteiger partial charge on any atom is -0.622 e. The molecular formula is C14H18N2O3S. The van der Waals surface area contributed by atoms with Crippen LogP contribution < -0.4 is 0 Å². The van der Waals surface area contributed by atoms with Gasteiger partial charge in [0.2, 0.25) is 11.5 Å². The smallest absolute Gasteiger partial charge is 0.310 e. The molecule has 1 spiro atoms. The van der Waals surface area contributed by atoms with Crippen LogP contribution in [0.3, 0.4) is 0 Å². The zero-order valence-electron chi connectivity index (χ0n) is 11.6. The van der Waals surface area contributed by atoms with Crippen LogP contribution in [0.4, 0.5) is 0 Å². The van der Waals surface area contributed by atoms with E-state index < -0.39 is 11.2 Å². The number of rotatable bonds is 1. The number of thiophene rings is 1. The van der Waals surface area contributed by atoms with Gasteiger partial charge in [-0.2, -0.15) is 4.74 Å². The molecule has 0 saturated heterocycles. The summed E-state index contributed by atoms with van der Waals surface area (Å²) in [5, 5.41) is 26.4. The quantitative estimate of drug-likeness (QED) is 0.638. The predicted molar refractivity (Wildman–Crippen MR) is 76.0 cm³/mol. The predicted octanol–water partition coefficient (Wildman–Crippen LogP) is 2.37. The first-order valence-electron chi connectivity index (χ1n) is 6.83. The van der Waals surface area contributed by atoms with Gasteiger partial charge >= 0.3 is 5.66 Å². The highest BCUT2D eigenvalue weighted by molar-refractivity contribution is 7.12. The molecule has 20 heavy (non-hydrogen) atoms. The van der Waals surface area contributed by atoms with Gasteiger partial charge in [0.15, 0.2) is 0 Å². The van der Waals surface area contributed by atoms with Crippen molar-refractivity contribution in [2.45, 2.75) is 50.7 Å². The summed E-state index contributed by atoms with van der Waals surface area (Å²) in [7, 11) is 0. The summed E-state index contributed by atoms with van der Waals surface area (Å²) in [4.78, 5) is 13.2. The maximum atomic E-state index is 12.9. The summed E-state index contributed by atoms with van der Waals surface area (Å²) < 4.78 is 0.764. The summed E-state index contributed by atoms with van der Waals surface area (Å²) in [5.41, 5.74) is -1.83. The van der Waals surface area contributed by atoms with E-state index in [0.29, 0.717) is 18.6 Å². The number of hydrogen-bond donors (Lipinski definition) is 1. The molecule has 0 bridgehead atoms. The van der Waals surface area contributed by atoms with E-state index in [1.165, 1.54) is 11.3 Å². The third-order valence-corrected chi connectivity index (χ3v) is 5.26. The van der Waals surface area contributed by atoms with E-state index in [0.717, 1.165) is 27.5 Å². The number of ketones is 1. The Morgan fingerprint density at radius 3 is 2.80 bits per heavy atom. The molecule has 1 aliphatic carbocycles. The molecule has 5 nitrogen and oxygen atoms in total. The van der Waals surface area contributed by atoms with Crippen LogP contribution >= 0.6 is 11.3 Å². The van der Waals surface area contributed by atoms with Crippen LogP contribution in [0.1, 0.15) is 44.4 Å². The first-order valence-corrected chi connectivity index (χ1v) is 7.71. The van der Waals surface area contributed by atoms with E-state index in [4.69, 9.17) is 0 Å². The lowest BCUT2D eigenvalue weighted by molar-refractivity contribution is -0.573. The number of carbonyl (C=O) groups excluding carboxylic acids is 1. The van der Waals surface area contributed by atoms with Crippen LogP contribution in [-0.4, -0.2) is 37.7 Å². The summed E-state index contributed by atoms with van der Waals surface area (Å²) in [6.45, 7) is 3.56. The fourth-order valence-corrected chi connectivity index (χ4v) is 4.24.